The Hall–Kier alpha value is -3.39. The molecule has 1 fully saturated rings. The van der Waals surface area contributed by atoms with E-state index in [1.54, 1.807) is 37.4 Å². The molecule has 2 heterocycles. The minimum Gasteiger partial charge on any atom is -0.507 e. The van der Waals surface area contributed by atoms with Crippen LogP contribution in [0, 0.1) is 0 Å². The summed E-state index contributed by atoms with van der Waals surface area (Å²) >= 11 is 0. The molecular weight excluding hydrogens is 400 g/mol. The zero-order chi connectivity index (χ0) is 22.4. The molecule has 164 valence electrons. The van der Waals surface area contributed by atoms with Crippen molar-refractivity contribution in [1.82, 2.24) is 9.88 Å². The lowest BCUT2D eigenvalue weighted by Crippen LogP contribution is -2.31. The van der Waals surface area contributed by atoms with Crippen LogP contribution in [0.2, 0.25) is 0 Å². The van der Waals surface area contributed by atoms with Crippen LogP contribution < -0.4 is 9.47 Å². The van der Waals surface area contributed by atoms with Gasteiger partial charge in [0.25, 0.3) is 11.7 Å². The standard InChI is InChI=1S/C23H26N2O6/c1-4-31-17-7-6-16(14-18(17)30-3)20-19(21(26)15-8-10-24-11-9-15)22(27)23(28)25(20)12-5-13-29-2/h6-11,14,20,26H,4-5,12-13H2,1-3H3. The van der Waals surface area contributed by atoms with E-state index in [-0.39, 0.29) is 11.3 Å². The number of carbonyl (C=O) groups excluding carboxylic acids is 2. The monoisotopic (exact) mass is 426 g/mol. The molecule has 8 heteroatoms. The van der Waals surface area contributed by atoms with Crippen molar-refractivity contribution < 1.29 is 28.9 Å². The van der Waals surface area contributed by atoms with Gasteiger partial charge in [0.05, 0.1) is 25.3 Å². The van der Waals surface area contributed by atoms with Gasteiger partial charge in [0.2, 0.25) is 0 Å². The molecule has 0 bridgehead atoms. The van der Waals surface area contributed by atoms with Crippen LogP contribution >= 0.6 is 0 Å². The van der Waals surface area contributed by atoms with Gasteiger partial charge in [-0.15, -0.1) is 0 Å². The second kappa shape index (κ2) is 10.1. The Bertz CT molecular complexity index is 973. The molecule has 1 aliphatic rings. The Kier molecular flexibility index (Phi) is 7.25. The van der Waals surface area contributed by atoms with Gasteiger partial charge in [-0.05, 0) is 43.2 Å². The third-order valence-corrected chi connectivity index (χ3v) is 5.04. The van der Waals surface area contributed by atoms with Crippen LogP contribution in [-0.2, 0) is 14.3 Å². The number of likely N-dealkylation sites (tertiary alicyclic amines) is 1. The van der Waals surface area contributed by atoms with Crippen molar-refractivity contribution in [3.05, 3.63) is 59.4 Å². The van der Waals surface area contributed by atoms with E-state index < -0.39 is 17.7 Å². The first-order valence-corrected chi connectivity index (χ1v) is 10.0. The highest BCUT2D eigenvalue weighted by Crippen LogP contribution is 2.42. The number of rotatable bonds is 9. The van der Waals surface area contributed by atoms with Crippen LogP contribution in [0.3, 0.4) is 0 Å². The number of aliphatic hydroxyl groups excluding tert-OH is 1. The van der Waals surface area contributed by atoms with E-state index >= 15 is 0 Å². The normalized spacial score (nSPS) is 17.8. The van der Waals surface area contributed by atoms with Gasteiger partial charge in [0, 0.05) is 38.2 Å². The van der Waals surface area contributed by atoms with Gasteiger partial charge >= 0.3 is 0 Å². The number of aromatic nitrogens is 1. The number of benzene rings is 1. The minimum absolute atomic E-state index is 0.0276. The summed E-state index contributed by atoms with van der Waals surface area (Å²) < 4.78 is 16.1. The molecule has 0 radical (unpaired) electrons. The maximum Gasteiger partial charge on any atom is 0.295 e. The number of hydrogen-bond donors (Lipinski definition) is 1. The SMILES string of the molecule is CCOc1ccc(C2C(=C(O)c3ccncc3)C(=O)C(=O)N2CCCOC)cc1OC. The maximum atomic E-state index is 13.0. The van der Waals surface area contributed by atoms with E-state index in [9.17, 15) is 14.7 Å². The van der Waals surface area contributed by atoms with E-state index in [2.05, 4.69) is 4.98 Å². The quantitative estimate of drug-likeness (QED) is 0.285. The van der Waals surface area contributed by atoms with E-state index in [4.69, 9.17) is 14.2 Å². The number of methoxy groups -OCH3 is 2. The van der Waals surface area contributed by atoms with Crippen molar-refractivity contribution in [2.75, 3.05) is 34.0 Å². The van der Waals surface area contributed by atoms with Gasteiger partial charge < -0.3 is 24.2 Å². The zero-order valence-corrected chi connectivity index (χ0v) is 17.8. The molecule has 1 aromatic heterocycles. The fourth-order valence-corrected chi connectivity index (χ4v) is 3.63. The van der Waals surface area contributed by atoms with E-state index in [1.807, 2.05) is 6.92 Å². The number of ether oxygens (including phenoxy) is 3. The van der Waals surface area contributed by atoms with Crippen molar-refractivity contribution in [2.24, 2.45) is 0 Å². The smallest absolute Gasteiger partial charge is 0.295 e. The van der Waals surface area contributed by atoms with Crippen molar-refractivity contribution >= 4 is 17.4 Å². The number of amides is 1. The van der Waals surface area contributed by atoms with Gasteiger partial charge in [-0.2, -0.15) is 0 Å². The molecule has 3 rings (SSSR count). The van der Waals surface area contributed by atoms with Crippen LogP contribution in [0.15, 0.2) is 48.3 Å². The number of aliphatic hydroxyl groups is 1. The lowest BCUT2D eigenvalue weighted by molar-refractivity contribution is -0.140. The van der Waals surface area contributed by atoms with Gasteiger partial charge in [-0.25, -0.2) is 0 Å². The Morgan fingerprint density at radius 3 is 2.52 bits per heavy atom. The molecule has 1 unspecified atom stereocenters. The van der Waals surface area contributed by atoms with Crippen molar-refractivity contribution in [1.29, 1.82) is 0 Å². The van der Waals surface area contributed by atoms with Crippen molar-refractivity contribution in [3.8, 4) is 11.5 Å². The minimum atomic E-state index is -0.769. The number of carbonyl (C=O) groups is 2. The zero-order valence-electron chi connectivity index (χ0n) is 17.8. The highest BCUT2D eigenvalue weighted by Gasteiger charge is 2.46. The summed E-state index contributed by atoms with van der Waals surface area (Å²) in [5, 5.41) is 11.0. The summed E-state index contributed by atoms with van der Waals surface area (Å²) in [6, 6.07) is 7.64. The van der Waals surface area contributed by atoms with Gasteiger partial charge in [-0.1, -0.05) is 6.07 Å². The van der Waals surface area contributed by atoms with Gasteiger partial charge in [-0.3, -0.25) is 14.6 Å². The molecule has 1 N–H and O–H groups in total. The average molecular weight is 426 g/mol. The summed E-state index contributed by atoms with van der Waals surface area (Å²) in [6.07, 6.45) is 3.57. The maximum absolute atomic E-state index is 13.0. The summed E-state index contributed by atoms with van der Waals surface area (Å²) in [4.78, 5) is 31.2. The summed E-state index contributed by atoms with van der Waals surface area (Å²) in [5.41, 5.74) is 1.07. The number of nitrogens with zero attached hydrogens (tertiary/aromatic N) is 2. The lowest BCUT2D eigenvalue weighted by Gasteiger charge is -2.26. The van der Waals surface area contributed by atoms with Crippen LogP contribution in [0.4, 0.5) is 0 Å². The molecule has 1 atom stereocenters. The Labute approximate surface area is 181 Å². The molecule has 1 aromatic carbocycles. The molecule has 1 aliphatic heterocycles. The first-order chi connectivity index (χ1) is 15.0. The van der Waals surface area contributed by atoms with Crippen LogP contribution in [0.25, 0.3) is 5.76 Å². The largest absolute Gasteiger partial charge is 0.507 e. The molecular formula is C23H26N2O6. The molecule has 0 aliphatic carbocycles. The Morgan fingerprint density at radius 1 is 1.13 bits per heavy atom. The fourth-order valence-electron chi connectivity index (χ4n) is 3.63. The first-order valence-electron chi connectivity index (χ1n) is 10.0. The molecule has 0 spiro atoms. The summed E-state index contributed by atoms with van der Waals surface area (Å²) in [7, 11) is 3.10. The highest BCUT2D eigenvalue weighted by atomic mass is 16.5. The van der Waals surface area contributed by atoms with Crippen LogP contribution in [0.5, 0.6) is 11.5 Å². The fraction of sp³-hybridized carbons (Fsp3) is 0.348. The number of hydrogen-bond acceptors (Lipinski definition) is 7. The lowest BCUT2D eigenvalue weighted by atomic mass is 9.95. The Balaban J connectivity index is 2.13. The predicted octanol–water partition coefficient (Wildman–Crippen LogP) is 2.95. The molecule has 0 saturated carbocycles. The topological polar surface area (TPSA) is 98.2 Å². The highest BCUT2D eigenvalue weighted by molar-refractivity contribution is 6.46. The molecule has 1 saturated heterocycles. The van der Waals surface area contributed by atoms with Crippen molar-refractivity contribution in [3.63, 3.8) is 0 Å². The van der Waals surface area contributed by atoms with Gasteiger partial charge in [0.1, 0.15) is 5.76 Å². The Morgan fingerprint density at radius 2 is 1.87 bits per heavy atom. The number of Topliss-reactive ketones (excluding diaryl/α,β-unsaturated/α-hetero) is 1. The van der Waals surface area contributed by atoms with Gasteiger partial charge in [0.15, 0.2) is 11.5 Å². The summed E-state index contributed by atoms with van der Waals surface area (Å²) in [6.45, 7) is 3.07. The number of ketones is 1. The first kappa shape index (κ1) is 22.3. The van der Waals surface area contributed by atoms with E-state index in [0.717, 1.165) is 0 Å². The van der Waals surface area contributed by atoms with Crippen molar-refractivity contribution in [2.45, 2.75) is 19.4 Å². The molecule has 2 aromatic rings. The molecule has 1 amide bonds. The molecule has 31 heavy (non-hydrogen) atoms. The van der Waals surface area contributed by atoms with E-state index in [1.165, 1.54) is 24.4 Å². The second-order valence-electron chi connectivity index (χ2n) is 6.92. The van der Waals surface area contributed by atoms with Crippen LogP contribution in [-0.4, -0.2) is 60.7 Å². The third-order valence-electron chi connectivity index (χ3n) is 5.04. The summed E-state index contributed by atoms with van der Waals surface area (Å²) in [5.74, 6) is -0.605. The average Bonchev–Trinajstić information content (AvgIpc) is 3.05. The number of pyridine rings is 1. The van der Waals surface area contributed by atoms with Crippen LogP contribution in [0.1, 0.15) is 30.5 Å². The van der Waals surface area contributed by atoms with E-state index in [0.29, 0.717) is 48.8 Å². The molecule has 8 nitrogen and oxygen atoms in total. The predicted molar refractivity (Wildman–Crippen MR) is 114 cm³/mol. The second-order valence-corrected chi connectivity index (χ2v) is 6.92. The third kappa shape index (κ3) is 4.54.